The lowest BCUT2D eigenvalue weighted by Crippen LogP contribution is -2.48. The molecular formula is C17H31N3O3. The SMILES string of the molecule is CC(C)(C)C(=O)NCC1CCCN(C(=O)[C@@H]2CC[C@H](CN)O2)C1. The second kappa shape index (κ2) is 7.62. The zero-order chi connectivity index (χ0) is 17.0. The van der Waals surface area contributed by atoms with E-state index in [1.165, 1.54) is 0 Å². The molecule has 2 heterocycles. The summed E-state index contributed by atoms with van der Waals surface area (Å²) in [5, 5.41) is 3.01. The lowest BCUT2D eigenvalue weighted by atomic mass is 9.94. The molecule has 0 aromatic carbocycles. The van der Waals surface area contributed by atoms with Crippen LogP contribution in [0, 0.1) is 11.3 Å². The normalized spacial score (nSPS) is 28.7. The van der Waals surface area contributed by atoms with Gasteiger partial charge in [0.25, 0.3) is 5.91 Å². The molecule has 2 amide bonds. The van der Waals surface area contributed by atoms with Crippen molar-refractivity contribution >= 4 is 11.8 Å². The van der Waals surface area contributed by atoms with Gasteiger partial charge in [0.2, 0.25) is 5.91 Å². The Hall–Kier alpha value is -1.14. The molecule has 23 heavy (non-hydrogen) atoms. The first-order chi connectivity index (χ1) is 10.8. The summed E-state index contributed by atoms with van der Waals surface area (Å²) >= 11 is 0. The van der Waals surface area contributed by atoms with E-state index in [1.54, 1.807) is 0 Å². The molecule has 2 rings (SSSR count). The number of nitrogens with two attached hydrogens (primary N) is 1. The van der Waals surface area contributed by atoms with Gasteiger partial charge in [-0.2, -0.15) is 0 Å². The highest BCUT2D eigenvalue weighted by atomic mass is 16.5. The van der Waals surface area contributed by atoms with Crippen LogP contribution in [-0.4, -0.2) is 55.1 Å². The Bertz CT molecular complexity index is 433. The van der Waals surface area contributed by atoms with Crippen molar-refractivity contribution < 1.29 is 14.3 Å². The Labute approximate surface area is 139 Å². The van der Waals surface area contributed by atoms with Crippen molar-refractivity contribution in [2.45, 2.75) is 58.7 Å². The second-order valence-electron chi connectivity index (χ2n) is 7.81. The summed E-state index contributed by atoms with van der Waals surface area (Å²) in [4.78, 5) is 26.5. The van der Waals surface area contributed by atoms with Crippen LogP contribution in [0.3, 0.4) is 0 Å². The Morgan fingerprint density at radius 3 is 2.61 bits per heavy atom. The van der Waals surface area contributed by atoms with E-state index in [2.05, 4.69) is 5.32 Å². The topological polar surface area (TPSA) is 84.7 Å². The first-order valence-electron chi connectivity index (χ1n) is 8.74. The largest absolute Gasteiger partial charge is 0.364 e. The van der Waals surface area contributed by atoms with Crippen LogP contribution in [0.1, 0.15) is 46.5 Å². The van der Waals surface area contributed by atoms with Crippen LogP contribution in [0.5, 0.6) is 0 Å². The van der Waals surface area contributed by atoms with Crippen molar-refractivity contribution in [2.75, 3.05) is 26.2 Å². The molecule has 3 N–H and O–H groups in total. The minimum Gasteiger partial charge on any atom is -0.364 e. The molecule has 3 atom stereocenters. The van der Waals surface area contributed by atoms with E-state index in [9.17, 15) is 9.59 Å². The summed E-state index contributed by atoms with van der Waals surface area (Å²) < 4.78 is 5.72. The van der Waals surface area contributed by atoms with Gasteiger partial charge in [0.15, 0.2) is 0 Å². The Morgan fingerprint density at radius 2 is 2.00 bits per heavy atom. The molecule has 0 saturated carbocycles. The van der Waals surface area contributed by atoms with Gasteiger partial charge in [0.05, 0.1) is 6.10 Å². The van der Waals surface area contributed by atoms with Crippen LogP contribution in [0.15, 0.2) is 0 Å². The molecule has 0 bridgehead atoms. The second-order valence-corrected chi connectivity index (χ2v) is 7.81. The number of hydrogen-bond acceptors (Lipinski definition) is 4. The fourth-order valence-electron chi connectivity index (χ4n) is 3.20. The average molecular weight is 325 g/mol. The van der Waals surface area contributed by atoms with Crippen LogP contribution < -0.4 is 11.1 Å². The standard InChI is InChI=1S/C17H31N3O3/c1-17(2,3)16(22)19-10-12-5-4-8-20(11-12)15(21)14-7-6-13(9-18)23-14/h12-14H,4-11,18H2,1-3H3,(H,19,22)/t12?,13-,14+/m1/s1. The highest BCUT2D eigenvalue weighted by Gasteiger charge is 2.35. The van der Waals surface area contributed by atoms with Gasteiger partial charge in [-0.05, 0) is 31.6 Å². The third-order valence-corrected chi connectivity index (χ3v) is 4.71. The third-order valence-electron chi connectivity index (χ3n) is 4.71. The van der Waals surface area contributed by atoms with E-state index >= 15 is 0 Å². The van der Waals surface area contributed by atoms with Gasteiger partial charge in [-0.3, -0.25) is 9.59 Å². The number of nitrogens with zero attached hydrogens (tertiary/aromatic N) is 1. The number of likely N-dealkylation sites (tertiary alicyclic amines) is 1. The van der Waals surface area contributed by atoms with Gasteiger partial charge in [-0.25, -0.2) is 0 Å². The molecule has 0 radical (unpaired) electrons. The highest BCUT2D eigenvalue weighted by Crippen LogP contribution is 2.24. The molecule has 2 saturated heterocycles. The summed E-state index contributed by atoms with van der Waals surface area (Å²) in [6.45, 7) is 8.33. The molecule has 6 heteroatoms. The summed E-state index contributed by atoms with van der Waals surface area (Å²) in [5.74, 6) is 0.476. The molecule has 2 aliphatic heterocycles. The van der Waals surface area contributed by atoms with Gasteiger partial charge in [0, 0.05) is 31.6 Å². The number of rotatable bonds is 4. The van der Waals surface area contributed by atoms with E-state index in [0.29, 0.717) is 25.6 Å². The van der Waals surface area contributed by atoms with Crippen molar-refractivity contribution in [2.24, 2.45) is 17.1 Å². The summed E-state index contributed by atoms with van der Waals surface area (Å²) in [5.41, 5.74) is 5.23. The monoisotopic (exact) mass is 325 g/mol. The van der Waals surface area contributed by atoms with E-state index in [0.717, 1.165) is 32.2 Å². The molecule has 2 aliphatic rings. The van der Waals surface area contributed by atoms with E-state index < -0.39 is 0 Å². The molecule has 2 fully saturated rings. The smallest absolute Gasteiger partial charge is 0.251 e. The minimum absolute atomic E-state index is 0.0237. The van der Waals surface area contributed by atoms with Gasteiger partial charge >= 0.3 is 0 Å². The maximum atomic E-state index is 12.6. The molecule has 0 aliphatic carbocycles. The third kappa shape index (κ3) is 4.91. The number of carbonyl (C=O) groups is 2. The van der Waals surface area contributed by atoms with Gasteiger partial charge < -0.3 is 20.7 Å². The quantitative estimate of drug-likeness (QED) is 0.804. The van der Waals surface area contributed by atoms with Crippen molar-refractivity contribution in [3.8, 4) is 0 Å². The highest BCUT2D eigenvalue weighted by molar-refractivity contribution is 5.82. The molecular weight excluding hydrogens is 294 g/mol. The predicted octanol–water partition coefficient (Wildman–Crippen LogP) is 0.894. The van der Waals surface area contributed by atoms with Crippen LogP contribution in [0.4, 0.5) is 0 Å². The molecule has 6 nitrogen and oxygen atoms in total. The Kier molecular flexibility index (Phi) is 6.03. The number of hydrogen-bond donors (Lipinski definition) is 2. The zero-order valence-corrected chi connectivity index (χ0v) is 14.6. The van der Waals surface area contributed by atoms with Crippen LogP contribution in [0.25, 0.3) is 0 Å². The van der Waals surface area contributed by atoms with Gasteiger partial charge in [-0.15, -0.1) is 0 Å². The molecule has 132 valence electrons. The lowest BCUT2D eigenvalue weighted by molar-refractivity contribution is -0.144. The number of carbonyl (C=O) groups excluding carboxylic acids is 2. The predicted molar refractivity (Wildman–Crippen MR) is 88.7 cm³/mol. The van der Waals surface area contributed by atoms with Gasteiger partial charge in [-0.1, -0.05) is 20.8 Å². The zero-order valence-electron chi connectivity index (χ0n) is 14.6. The Morgan fingerprint density at radius 1 is 1.26 bits per heavy atom. The van der Waals surface area contributed by atoms with E-state index in [-0.39, 0.29) is 29.4 Å². The minimum atomic E-state index is -0.376. The number of ether oxygens (including phenoxy) is 1. The molecule has 1 unspecified atom stereocenters. The van der Waals surface area contributed by atoms with Crippen molar-refractivity contribution in [3.05, 3.63) is 0 Å². The van der Waals surface area contributed by atoms with Crippen molar-refractivity contribution in [1.82, 2.24) is 10.2 Å². The van der Waals surface area contributed by atoms with Crippen LogP contribution in [0.2, 0.25) is 0 Å². The number of nitrogens with one attached hydrogen (secondary N) is 1. The fourth-order valence-corrected chi connectivity index (χ4v) is 3.20. The Balaban J connectivity index is 1.81. The molecule has 0 aromatic heterocycles. The summed E-state index contributed by atoms with van der Waals surface area (Å²) in [6, 6.07) is 0. The maximum absolute atomic E-state index is 12.6. The molecule has 0 aromatic rings. The van der Waals surface area contributed by atoms with Gasteiger partial charge in [0.1, 0.15) is 6.10 Å². The lowest BCUT2D eigenvalue weighted by Gasteiger charge is -2.34. The van der Waals surface area contributed by atoms with Crippen molar-refractivity contribution in [1.29, 1.82) is 0 Å². The maximum Gasteiger partial charge on any atom is 0.251 e. The number of amides is 2. The van der Waals surface area contributed by atoms with E-state index in [1.807, 2.05) is 25.7 Å². The van der Waals surface area contributed by atoms with Crippen LogP contribution in [-0.2, 0) is 14.3 Å². The molecule has 0 spiro atoms. The average Bonchev–Trinajstić information content (AvgIpc) is 3.00. The number of piperidine rings is 1. The summed E-state index contributed by atoms with van der Waals surface area (Å²) in [7, 11) is 0. The van der Waals surface area contributed by atoms with Crippen molar-refractivity contribution in [3.63, 3.8) is 0 Å². The van der Waals surface area contributed by atoms with Crippen LogP contribution >= 0.6 is 0 Å². The summed E-state index contributed by atoms with van der Waals surface area (Å²) in [6.07, 6.45) is 3.36. The van der Waals surface area contributed by atoms with E-state index in [4.69, 9.17) is 10.5 Å². The fraction of sp³-hybridized carbons (Fsp3) is 0.882. The first-order valence-corrected chi connectivity index (χ1v) is 8.74. The first kappa shape index (κ1) is 18.2.